The van der Waals surface area contributed by atoms with Crippen LogP contribution in [-0.2, 0) is 25.9 Å². The molecule has 0 saturated carbocycles. The number of anilines is 3. The summed E-state index contributed by atoms with van der Waals surface area (Å²) in [6.07, 6.45) is 3.31. The molecule has 2 aromatic carbocycles. The molecule has 2 aliphatic rings. The standard InChI is InChI=1S/C40H56N6O4Si/c1-38(2,3)50-37(47)46-25-40(7,26-49-51(10,11)39(4,5)6)33-22-28(20-29(23-41)35(33)46)34-14-17-42-36(44-34)43-31-12-13-32(27-15-18-48-19-16-27)30(21-31)24-45(8)9/h12-14,17,20-22,27H,15-16,18-19,24-26H2,1-11H3,(H,42,43,44)/t40-/m1/s1. The van der Waals surface area contributed by atoms with Gasteiger partial charge in [0.05, 0.1) is 16.9 Å². The van der Waals surface area contributed by atoms with Crippen molar-refractivity contribution in [1.82, 2.24) is 14.9 Å². The molecule has 3 heterocycles. The van der Waals surface area contributed by atoms with Crippen LogP contribution in [0.1, 0.15) is 89.5 Å². The molecule has 10 nitrogen and oxygen atoms in total. The zero-order valence-electron chi connectivity index (χ0n) is 32.4. The highest BCUT2D eigenvalue weighted by Crippen LogP contribution is 2.47. The predicted molar refractivity (Wildman–Crippen MR) is 206 cm³/mol. The van der Waals surface area contributed by atoms with Crippen LogP contribution in [0.5, 0.6) is 0 Å². The molecule has 0 spiro atoms. The maximum atomic E-state index is 13.6. The number of rotatable bonds is 9. The molecule has 0 radical (unpaired) electrons. The Morgan fingerprint density at radius 2 is 1.82 bits per heavy atom. The molecule has 0 unspecified atom stereocenters. The van der Waals surface area contributed by atoms with Gasteiger partial charge in [0, 0.05) is 55.8 Å². The number of fused-ring (bicyclic) bond motifs is 1. The lowest BCUT2D eigenvalue weighted by Crippen LogP contribution is -2.46. The monoisotopic (exact) mass is 712 g/mol. The van der Waals surface area contributed by atoms with Crippen LogP contribution in [0.15, 0.2) is 42.6 Å². The van der Waals surface area contributed by atoms with Crippen molar-refractivity contribution in [2.45, 2.75) is 103 Å². The van der Waals surface area contributed by atoms with Crippen molar-refractivity contribution in [3.63, 3.8) is 0 Å². The third-order valence-electron chi connectivity index (χ3n) is 10.3. The fourth-order valence-electron chi connectivity index (χ4n) is 6.56. The number of nitrogens with zero attached hydrogens (tertiary/aromatic N) is 5. The minimum atomic E-state index is -2.14. The van der Waals surface area contributed by atoms with E-state index in [1.54, 1.807) is 17.2 Å². The summed E-state index contributed by atoms with van der Waals surface area (Å²) in [4.78, 5) is 26.9. The Hall–Kier alpha value is -3.82. The highest BCUT2D eigenvalue weighted by molar-refractivity contribution is 6.74. The van der Waals surface area contributed by atoms with Gasteiger partial charge in [0.2, 0.25) is 5.95 Å². The average molecular weight is 713 g/mol. The third-order valence-corrected chi connectivity index (χ3v) is 14.8. The van der Waals surface area contributed by atoms with Gasteiger partial charge in [0.15, 0.2) is 8.32 Å². The maximum Gasteiger partial charge on any atom is 0.414 e. The minimum Gasteiger partial charge on any atom is -0.443 e. The number of aromatic nitrogens is 2. The van der Waals surface area contributed by atoms with E-state index in [2.05, 4.69) is 100 Å². The normalized spacial score (nSPS) is 18.5. The number of nitrogens with one attached hydrogen (secondary N) is 1. The first-order valence-electron chi connectivity index (χ1n) is 18.0. The van der Waals surface area contributed by atoms with Gasteiger partial charge in [-0.1, -0.05) is 33.8 Å². The van der Waals surface area contributed by atoms with E-state index in [0.29, 0.717) is 42.0 Å². The summed E-state index contributed by atoms with van der Waals surface area (Å²) in [7, 11) is 2.04. The summed E-state index contributed by atoms with van der Waals surface area (Å²) >= 11 is 0. The smallest absolute Gasteiger partial charge is 0.414 e. The Morgan fingerprint density at radius 1 is 1.12 bits per heavy atom. The summed E-state index contributed by atoms with van der Waals surface area (Å²) in [6.45, 7) is 21.9. The van der Waals surface area contributed by atoms with Gasteiger partial charge in [0.25, 0.3) is 0 Å². The van der Waals surface area contributed by atoms with E-state index < -0.39 is 25.4 Å². The van der Waals surface area contributed by atoms with E-state index in [-0.39, 0.29) is 5.04 Å². The quantitative estimate of drug-likeness (QED) is 0.218. The molecule has 1 saturated heterocycles. The van der Waals surface area contributed by atoms with Gasteiger partial charge in [-0.2, -0.15) is 5.26 Å². The van der Waals surface area contributed by atoms with Crippen LogP contribution < -0.4 is 10.2 Å². The van der Waals surface area contributed by atoms with Crippen LogP contribution in [0.2, 0.25) is 18.1 Å². The minimum absolute atomic E-state index is 0.0120. The number of nitriles is 1. The van der Waals surface area contributed by atoms with E-state index in [4.69, 9.17) is 18.9 Å². The van der Waals surface area contributed by atoms with Crippen LogP contribution in [0, 0.1) is 11.3 Å². The van der Waals surface area contributed by atoms with Crippen molar-refractivity contribution in [3.05, 3.63) is 64.8 Å². The predicted octanol–water partition coefficient (Wildman–Crippen LogP) is 8.75. The van der Waals surface area contributed by atoms with E-state index in [1.807, 2.05) is 26.8 Å². The van der Waals surface area contributed by atoms with Crippen LogP contribution in [0.3, 0.4) is 0 Å². The van der Waals surface area contributed by atoms with E-state index in [9.17, 15) is 10.1 Å². The number of carbonyl (C=O) groups is 1. The van der Waals surface area contributed by atoms with Gasteiger partial charge in [0.1, 0.15) is 11.7 Å². The van der Waals surface area contributed by atoms with Crippen LogP contribution in [0.4, 0.5) is 22.1 Å². The largest absolute Gasteiger partial charge is 0.443 e. The summed E-state index contributed by atoms with van der Waals surface area (Å²) in [5.74, 6) is 0.946. The van der Waals surface area contributed by atoms with Gasteiger partial charge in [-0.05, 0) is 119 Å². The van der Waals surface area contributed by atoms with Gasteiger partial charge >= 0.3 is 6.09 Å². The molecule has 1 N–H and O–H groups in total. The molecule has 274 valence electrons. The number of carbonyl (C=O) groups excluding carboxylic acids is 1. The highest BCUT2D eigenvalue weighted by atomic mass is 28.4. The second-order valence-corrected chi connectivity index (χ2v) is 21.9. The molecular formula is C40H56N6O4Si. The van der Waals surface area contributed by atoms with Crippen LogP contribution in [0.25, 0.3) is 11.3 Å². The fraction of sp³-hybridized carbons (Fsp3) is 0.550. The first-order valence-corrected chi connectivity index (χ1v) is 20.9. The van der Waals surface area contributed by atoms with Gasteiger partial charge in [-0.25, -0.2) is 14.8 Å². The van der Waals surface area contributed by atoms with Crippen LogP contribution in [-0.4, -0.2) is 75.3 Å². The Morgan fingerprint density at radius 3 is 2.45 bits per heavy atom. The molecule has 3 aromatic rings. The third kappa shape index (κ3) is 8.80. The molecule has 5 rings (SSSR count). The molecule has 2 aliphatic heterocycles. The van der Waals surface area contributed by atoms with E-state index in [1.165, 1.54) is 11.1 Å². The van der Waals surface area contributed by atoms with Gasteiger partial charge in [-0.3, -0.25) is 4.90 Å². The molecule has 0 aliphatic carbocycles. The Labute approximate surface area is 305 Å². The summed E-state index contributed by atoms with van der Waals surface area (Å²) in [6, 6.07) is 14.6. The number of amides is 1. The first-order chi connectivity index (χ1) is 23.8. The number of ether oxygens (including phenoxy) is 2. The first kappa shape index (κ1) is 38.4. The zero-order chi connectivity index (χ0) is 37.4. The Balaban J connectivity index is 1.51. The molecule has 1 fully saturated rings. The molecule has 1 amide bonds. The lowest BCUT2D eigenvalue weighted by molar-refractivity contribution is 0.0575. The van der Waals surface area contributed by atoms with Gasteiger partial charge < -0.3 is 24.1 Å². The topological polar surface area (TPSA) is 113 Å². The van der Waals surface area contributed by atoms with Crippen molar-refractivity contribution in [1.29, 1.82) is 5.26 Å². The lowest BCUT2D eigenvalue weighted by Gasteiger charge is -2.39. The Bertz CT molecular complexity index is 1780. The summed E-state index contributed by atoms with van der Waals surface area (Å²) in [5, 5.41) is 13.9. The number of hydrogen-bond acceptors (Lipinski definition) is 9. The van der Waals surface area contributed by atoms with Crippen LogP contribution >= 0.6 is 0 Å². The van der Waals surface area contributed by atoms with Crippen molar-refractivity contribution >= 4 is 31.7 Å². The van der Waals surface area contributed by atoms with E-state index in [0.717, 1.165) is 49.4 Å². The van der Waals surface area contributed by atoms with Gasteiger partial charge in [-0.15, -0.1) is 0 Å². The second-order valence-electron chi connectivity index (χ2n) is 17.1. The molecule has 11 heteroatoms. The molecule has 1 atom stereocenters. The number of hydrogen-bond donors (Lipinski definition) is 1. The SMILES string of the molecule is CN(C)Cc1cc(Nc2nccc(-c3cc(C#N)c4c(c3)[C@@](C)(CO[Si](C)(C)C(C)(C)C)CN4C(=O)OC(C)(C)C)n2)ccc1C1CCOCC1. The molecule has 51 heavy (non-hydrogen) atoms. The number of benzene rings is 2. The average Bonchev–Trinajstić information content (AvgIpc) is 3.35. The van der Waals surface area contributed by atoms with Crippen molar-refractivity contribution < 1.29 is 18.7 Å². The fourth-order valence-corrected chi connectivity index (χ4v) is 7.67. The molecule has 1 aromatic heterocycles. The maximum absolute atomic E-state index is 13.6. The van der Waals surface area contributed by atoms with Crippen molar-refractivity contribution in [2.24, 2.45) is 0 Å². The van der Waals surface area contributed by atoms with Crippen molar-refractivity contribution in [3.8, 4) is 17.3 Å². The molecular weight excluding hydrogens is 657 g/mol. The second kappa shape index (κ2) is 14.7. The summed E-state index contributed by atoms with van der Waals surface area (Å²) < 4.78 is 18.3. The van der Waals surface area contributed by atoms with E-state index >= 15 is 0 Å². The molecule has 0 bridgehead atoms. The van der Waals surface area contributed by atoms with Crippen molar-refractivity contribution in [2.75, 3.05) is 50.7 Å². The highest BCUT2D eigenvalue weighted by Gasteiger charge is 2.47. The lowest BCUT2D eigenvalue weighted by atomic mass is 9.83. The Kier molecular flexibility index (Phi) is 11.0. The summed E-state index contributed by atoms with van der Waals surface area (Å²) in [5.41, 5.74) is 5.54. The zero-order valence-corrected chi connectivity index (χ0v) is 33.4.